The van der Waals surface area contributed by atoms with Gasteiger partial charge < -0.3 is 9.52 Å². The van der Waals surface area contributed by atoms with Crippen LogP contribution >= 0.6 is 0 Å². The molecular formula is C17H20O3. The third kappa shape index (κ3) is 2.27. The van der Waals surface area contributed by atoms with Crippen LogP contribution in [0.25, 0.3) is 11.0 Å². The quantitative estimate of drug-likeness (QED) is 0.844. The van der Waals surface area contributed by atoms with Gasteiger partial charge in [0.05, 0.1) is 0 Å². The fraction of sp³-hybridized carbons (Fsp3) is 0.471. The van der Waals surface area contributed by atoms with Crippen LogP contribution in [0.3, 0.4) is 0 Å². The van der Waals surface area contributed by atoms with Crippen molar-refractivity contribution in [2.45, 2.75) is 45.1 Å². The van der Waals surface area contributed by atoms with E-state index in [1.165, 1.54) is 0 Å². The molecule has 0 unspecified atom stereocenters. The summed E-state index contributed by atoms with van der Waals surface area (Å²) in [5.41, 5.74) is 0.587. The number of carbonyl (C=O) groups excluding carboxylic acids is 1. The van der Waals surface area contributed by atoms with Crippen LogP contribution in [0.1, 0.15) is 48.7 Å². The minimum atomic E-state index is -1.24. The number of carbonyl (C=O) groups is 1. The number of hydrogen-bond acceptors (Lipinski definition) is 3. The second-order valence-corrected chi connectivity index (χ2v) is 6.20. The lowest BCUT2D eigenvalue weighted by molar-refractivity contribution is 0.00223. The molecule has 0 saturated heterocycles. The number of Topliss-reactive ketones (excluding diaryl/α,β-unsaturated/α-hetero) is 1. The van der Waals surface area contributed by atoms with Crippen molar-refractivity contribution in [3.05, 3.63) is 35.6 Å². The molecule has 1 fully saturated rings. The van der Waals surface area contributed by atoms with Crippen LogP contribution in [0.5, 0.6) is 0 Å². The Labute approximate surface area is 118 Å². The number of aryl methyl sites for hydroxylation is 1. The minimum Gasteiger partial charge on any atom is -0.453 e. The van der Waals surface area contributed by atoms with Gasteiger partial charge in [-0.1, -0.05) is 18.6 Å². The monoisotopic (exact) mass is 272 g/mol. The van der Waals surface area contributed by atoms with Crippen molar-refractivity contribution in [1.82, 2.24) is 0 Å². The maximum absolute atomic E-state index is 12.5. The first-order valence-electron chi connectivity index (χ1n) is 7.25. The standard InChI is InChI=1S/C17H20O3/c1-11-5-7-17(19,8-6-11)16(18)15-10-13-9-12(2)3-4-14(13)20-15/h3-4,9-11,19H,5-8H2,1-2H3. The van der Waals surface area contributed by atoms with Crippen molar-refractivity contribution in [3.63, 3.8) is 0 Å². The smallest absolute Gasteiger partial charge is 0.229 e. The van der Waals surface area contributed by atoms with Crippen molar-refractivity contribution in [3.8, 4) is 0 Å². The summed E-state index contributed by atoms with van der Waals surface area (Å²) in [7, 11) is 0. The van der Waals surface area contributed by atoms with Crippen LogP contribution in [0.4, 0.5) is 0 Å². The number of hydrogen-bond donors (Lipinski definition) is 1. The zero-order valence-corrected chi connectivity index (χ0v) is 12.0. The number of aliphatic hydroxyl groups is 1. The van der Waals surface area contributed by atoms with Crippen LogP contribution in [0.15, 0.2) is 28.7 Å². The summed E-state index contributed by atoms with van der Waals surface area (Å²) in [6.07, 6.45) is 2.84. The lowest BCUT2D eigenvalue weighted by Crippen LogP contribution is -2.41. The molecule has 1 heterocycles. The van der Waals surface area contributed by atoms with Crippen molar-refractivity contribution in [2.24, 2.45) is 5.92 Å². The predicted molar refractivity (Wildman–Crippen MR) is 77.9 cm³/mol. The fourth-order valence-corrected chi connectivity index (χ4v) is 2.97. The molecule has 106 valence electrons. The highest BCUT2D eigenvalue weighted by Gasteiger charge is 2.40. The summed E-state index contributed by atoms with van der Waals surface area (Å²) in [5.74, 6) is 0.599. The average molecular weight is 272 g/mol. The number of furan rings is 1. The molecule has 2 aromatic rings. The van der Waals surface area contributed by atoms with E-state index in [-0.39, 0.29) is 11.5 Å². The molecule has 1 aromatic heterocycles. The van der Waals surface area contributed by atoms with E-state index in [2.05, 4.69) is 6.92 Å². The molecule has 0 radical (unpaired) electrons. The molecule has 0 atom stereocenters. The second-order valence-electron chi connectivity index (χ2n) is 6.20. The topological polar surface area (TPSA) is 50.4 Å². The largest absolute Gasteiger partial charge is 0.453 e. The van der Waals surface area contributed by atoms with Crippen molar-refractivity contribution < 1.29 is 14.3 Å². The lowest BCUT2D eigenvalue weighted by Gasteiger charge is -2.32. The Bertz CT molecular complexity index is 645. The van der Waals surface area contributed by atoms with Gasteiger partial charge in [0.25, 0.3) is 0 Å². The van der Waals surface area contributed by atoms with Crippen LogP contribution in [0, 0.1) is 12.8 Å². The summed E-state index contributed by atoms with van der Waals surface area (Å²) in [6.45, 7) is 4.16. The fourth-order valence-electron chi connectivity index (χ4n) is 2.97. The van der Waals surface area contributed by atoms with E-state index in [4.69, 9.17) is 4.42 Å². The third-order valence-electron chi connectivity index (χ3n) is 4.42. The van der Waals surface area contributed by atoms with Gasteiger partial charge in [-0.15, -0.1) is 0 Å². The average Bonchev–Trinajstić information content (AvgIpc) is 2.84. The highest BCUT2D eigenvalue weighted by Crippen LogP contribution is 2.35. The summed E-state index contributed by atoms with van der Waals surface area (Å²) in [6, 6.07) is 7.56. The minimum absolute atomic E-state index is 0.266. The molecule has 3 rings (SSSR count). The van der Waals surface area contributed by atoms with Gasteiger partial charge in [-0.2, -0.15) is 0 Å². The van der Waals surface area contributed by atoms with Crippen LogP contribution in [-0.2, 0) is 0 Å². The van der Waals surface area contributed by atoms with E-state index in [0.29, 0.717) is 24.3 Å². The molecule has 1 aromatic carbocycles. The Morgan fingerprint density at radius 2 is 2.00 bits per heavy atom. The molecular weight excluding hydrogens is 252 g/mol. The second kappa shape index (κ2) is 4.74. The molecule has 0 amide bonds. The third-order valence-corrected chi connectivity index (χ3v) is 4.42. The van der Waals surface area contributed by atoms with Gasteiger partial charge in [-0.25, -0.2) is 0 Å². The summed E-state index contributed by atoms with van der Waals surface area (Å²) in [5, 5.41) is 11.5. The molecule has 1 N–H and O–H groups in total. The zero-order chi connectivity index (χ0) is 14.3. The molecule has 1 aliphatic carbocycles. The van der Waals surface area contributed by atoms with E-state index in [0.717, 1.165) is 23.8 Å². The van der Waals surface area contributed by atoms with Crippen LogP contribution in [0.2, 0.25) is 0 Å². The van der Waals surface area contributed by atoms with Crippen LogP contribution < -0.4 is 0 Å². The van der Waals surface area contributed by atoms with E-state index in [1.807, 2.05) is 25.1 Å². The number of benzene rings is 1. The van der Waals surface area contributed by atoms with E-state index in [1.54, 1.807) is 6.07 Å². The SMILES string of the molecule is Cc1ccc2oc(C(=O)C3(O)CCC(C)CC3)cc2c1. The van der Waals surface area contributed by atoms with E-state index >= 15 is 0 Å². The van der Waals surface area contributed by atoms with Gasteiger partial charge in [0.15, 0.2) is 5.76 Å². The predicted octanol–water partition coefficient (Wildman–Crippen LogP) is 3.87. The van der Waals surface area contributed by atoms with E-state index in [9.17, 15) is 9.90 Å². The maximum atomic E-state index is 12.5. The molecule has 0 aliphatic heterocycles. The number of rotatable bonds is 2. The molecule has 1 aliphatic rings. The Morgan fingerprint density at radius 3 is 2.70 bits per heavy atom. The molecule has 0 spiro atoms. The molecule has 3 heteroatoms. The Kier molecular flexibility index (Phi) is 3.17. The van der Waals surface area contributed by atoms with Gasteiger partial charge in [0, 0.05) is 5.39 Å². The molecule has 1 saturated carbocycles. The van der Waals surface area contributed by atoms with E-state index < -0.39 is 5.60 Å². The van der Waals surface area contributed by atoms with Gasteiger partial charge in [-0.05, 0) is 56.7 Å². The summed E-state index contributed by atoms with van der Waals surface area (Å²) < 4.78 is 5.62. The highest BCUT2D eigenvalue weighted by molar-refractivity contribution is 6.03. The molecule has 20 heavy (non-hydrogen) atoms. The van der Waals surface area contributed by atoms with Crippen molar-refractivity contribution >= 4 is 16.8 Å². The van der Waals surface area contributed by atoms with Gasteiger partial charge in [0.2, 0.25) is 5.78 Å². The van der Waals surface area contributed by atoms with Crippen molar-refractivity contribution in [1.29, 1.82) is 0 Å². The van der Waals surface area contributed by atoms with Crippen molar-refractivity contribution in [2.75, 3.05) is 0 Å². The number of ketones is 1. The van der Waals surface area contributed by atoms with Gasteiger partial charge in [0.1, 0.15) is 11.2 Å². The summed E-state index contributed by atoms with van der Waals surface area (Å²) in [4.78, 5) is 12.5. The van der Waals surface area contributed by atoms with Gasteiger partial charge in [-0.3, -0.25) is 4.79 Å². The first-order chi connectivity index (χ1) is 9.48. The Balaban J connectivity index is 1.92. The molecule has 0 bridgehead atoms. The zero-order valence-electron chi connectivity index (χ0n) is 12.0. The lowest BCUT2D eigenvalue weighted by atomic mass is 9.77. The molecule has 3 nitrogen and oxygen atoms in total. The normalized spacial score (nSPS) is 26.9. The number of fused-ring (bicyclic) bond motifs is 1. The van der Waals surface area contributed by atoms with Crippen LogP contribution in [-0.4, -0.2) is 16.5 Å². The first-order valence-corrected chi connectivity index (χ1v) is 7.25. The highest BCUT2D eigenvalue weighted by atomic mass is 16.4. The first kappa shape index (κ1) is 13.4. The van der Waals surface area contributed by atoms with Gasteiger partial charge >= 0.3 is 0 Å². The Hall–Kier alpha value is -1.61. The summed E-state index contributed by atoms with van der Waals surface area (Å²) >= 11 is 0. The Morgan fingerprint density at radius 1 is 1.30 bits per heavy atom. The maximum Gasteiger partial charge on any atom is 0.229 e.